The first kappa shape index (κ1) is 13.4. The van der Waals surface area contributed by atoms with E-state index >= 15 is 0 Å². The van der Waals surface area contributed by atoms with Crippen molar-refractivity contribution in [1.29, 1.82) is 0 Å². The van der Waals surface area contributed by atoms with Gasteiger partial charge >= 0.3 is 0 Å². The molecule has 1 aliphatic rings. The van der Waals surface area contributed by atoms with E-state index in [-0.39, 0.29) is 0 Å². The van der Waals surface area contributed by atoms with Crippen molar-refractivity contribution in [3.8, 4) is 0 Å². The molecular weight excluding hydrogens is 242 g/mol. The Hall–Kier alpha value is -1.03. The molecule has 1 atom stereocenters. The smallest absolute Gasteiger partial charge is 0.191 e. The zero-order valence-electron chi connectivity index (χ0n) is 11.1. The SMILES string of the molecule is CC(CN=C(N)N1CCCCCC1)c1cccs1. The first-order valence-electron chi connectivity index (χ1n) is 6.85. The summed E-state index contributed by atoms with van der Waals surface area (Å²) in [6, 6.07) is 4.27. The van der Waals surface area contributed by atoms with Crippen LogP contribution in [0.5, 0.6) is 0 Å². The molecule has 1 unspecified atom stereocenters. The number of hydrogen-bond donors (Lipinski definition) is 1. The lowest BCUT2D eigenvalue weighted by atomic mass is 10.1. The summed E-state index contributed by atoms with van der Waals surface area (Å²) >= 11 is 1.80. The normalized spacial score (nSPS) is 19.6. The molecule has 3 nitrogen and oxygen atoms in total. The van der Waals surface area contributed by atoms with E-state index in [1.165, 1.54) is 30.6 Å². The quantitative estimate of drug-likeness (QED) is 0.674. The summed E-state index contributed by atoms with van der Waals surface area (Å²) in [6.07, 6.45) is 5.15. The van der Waals surface area contributed by atoms with Crippen LogP contribution in [0.4, 0.5) is 0 Å². The maximum Gasteiger partial charge on any atom is 0.191 e. The summed E-state index contributed by atoms with van der Waals surface area (Å²) in [5.41, 5.74) is 6.10. The Bertz CT molecular complexity index is 364. The number of aliphatic imine (C=N–C) groups is 1. The Morgan fingerprint density at radius 2 is 2.11 bits per heavy atom. The van der Waals surface area contributed by atoms with Gasteiger partial charge in [0.1, 0.15) is 0 Å². The number of guanidine groups is 1. The van der Waals surface area contributed by atoms with Crippen LogP contribution in [-0.4, -0.2) is 30.5 Å². The van der Waals surface area contributed by atoms with Gasteiger partial charge in [-0.1, -0.05) is 25.8 Å². The number of thiophene rings is 1. The van der Waals surface area contributed by atoms with Crippen molar-refractivity contribution in [1.82, 2.24) is 4.90 Å². The molecule has 1 aromatic rings. The molecule has 100 valence electrons. The third-order valence-corrected chi connectivity index (χ3v) is 4.59. The highest BCUT2D eigenvalue weighted by molar-refractivity contribution is 7.10. The topological polar surface area (TPSA) is 41.6 Å². The van der Waals surface area contributed by atoms with Crippen molar-refractivity contribution in [2.75, 3.05) is 19.6 Å². The third-order valence-electron chi connectivity index (χ3n) is 3.49. The maximum atomic E-state index is 6.10. The number of rotatable bonds is 3. The van der Waals surface area contributed by atoms with Gasteiger partial charge in [0, 0.05) is 23.9 Å². The average molecular weight is 265 g/mol. The van der Waals surface area contributed by atoms with Gasteiger partial charge in [-0.25, -0.2) is 0 Å². The molecule has 2 rings (SSSR count). The molecule has 1 aromatic heterocycles. The highest BCUT2D eigenvalue weighted by atomic mass is 32.1. The van der Waals surface area contributed by atoms with Crippen LogP contribution < -0.4 is 5.73 Å². The second kappa shape index (κ2) is 6.78. The molecule has 0 spiro atoms. The zero-order chi connectivity index (χ0) is 12.8. The fourth-order valence-corrected chi connectivity index (χ4v) is 3.07. The molecule has 4 heteroatoms. The van der Waals surface area contributed by atoms with Gasteiger partial charge in [-0.3, -0.25) is 4.99 Å². The van der Waals surface area contributed by atoms with E-state index in [0.717, 1.165) is 25.6 Å². The highest BCUT2D eigenvalue weighted by Crippen LogP contribution is 2.20. The minimum absolute atomic E-state index is 0.468. The molecule has 0 aliphatic carbocycles. The third kappa shape index (κ3) is 3.73. The monoisotopic (exact) mass is 265 g/mol. The Kier molecular flexibility index (Phi) is 5.05. The second-order valence-electron chi connectivity index (χ2n) is 5.02. The van der Waals surface area contributed by atoms with E-state index in [1.54, 1.807) is 11.3 Å². The van der Waals surface area contributed by atoms with Gasteiger partial charge in [0.05, 0.1) is 6.54 Å². The summed E-state index contributed by atoms with van der Waals surface area (Å²) in [6.45, 7) is 5.15. The van der Waals surface area contributed by atoms with Crippen LogP contribution in [0.25, 0.3) is 0 Å². The van der Waals surface area contributed by atoms with Gasteiger partial charge in [-0.2, -0.15) is 0 Å². The van der Waals surface area contributed by atoms with Crippen molar-refractivity contribution in [3.63, 3.8) is 0 Å². The largest absolute Gasteiger partial charge is 0.370 e. The number of hydrogen-bond acceptors (Lipinski definition) is 2. The molecule has 0 amide bonds. The Morgan fingerprint density at radius 1 is 1.39 bits per heavy atom. The molecule has 0 bridgehead atoms. The Balaban J connectivity index is 1.87. The first-order valence-corrected chi connectivity index (χ1v) is 7.73. The van der Waals surface area contributed by atoms with Crippen LogP contribution in [0.15, 0.2) is 22.5 Å². The number of nitrogens with zero attached hydrogens (tertiary/aromatic N) is 2. The number of nitrogens with two attached hydrogens (primary N) is 1. The lowest BCUT2D eigenvalue weighted by molar-refractivity contribution is 0.428. The molecular formula is C14H23N3S. The Labute approximate surface area is 114 Å². The molecule has 2 N–H and O–H groups in total. The van der Waals surface area contributed by atoms with Crippen LogP contribution >= 0.6 is 11.3 Å². The number of likely N-dealkylation sites (tertiary alicyclic amines) is 1. The summed E-state index contributed by atoms with van der Waals surface area (Å²) < 4.78 is 0. The van der Waals surface area contributed by atoms with Gasteiger partial charge in [-0.15, -0.1) is 11.3 Å². The van der Waals surface area contributed by atoms with Gasteiger partial charge in [0.15, 0.2) is 5.96 Å². The van der Waals surface area contributed by atoms with Gasteiger partial charge < -0.3 is 10.6 Å². The average Bonchev–Trinajstić information content (AvgIpc) is 2.78. The van der Waals surface area contributed by atoms with Crippen LogP contribution in [0.1, 0.15) is 43.4 Å². The zero-order valence-corrected chi connectivity index (χ0v) is 12.0. The second-order valence-corrected chi connectivity index (χ2v) is 6.00. The molecule has 1 aliphatic heterocycles. The van der Waals surface area contributed by atoms with Gasteiger partial charge in [-0.05, 0) is 24.3 Å². The summed E-state index contributed by atoms with van der Waals surface area (Å²) in [4.78, 5) is 8.21. The minimum atomic E-state index is 0.468. The van der Waals surface area contributed by atoms with Crippen LogP contribution in [0.3, 0.4) is 0 Å². The van der Waals surface area contributed by atoms with E-state index in [2.05, 4.69) is 34.3 Å². The molecule has 0 aromatic carbocycles. The van der Waals surface area contributed by atoms with Crippen molar-refractivity contribution in [2.24, 2.45) is 10.7 Å². The molecule has 0 radical (unpaired) electrons. The van der Waals surface area contributed by atoms with Crippen molar-refractivity contribution in [3.05, 3.63) is 22.4 Å². The van der Waals surface area contributed by atoms with E-state index in [4.69, 9.17) is 5.73 Å². The Morgan fingerprint density at radius 3 is 2.72 bits per heavy atom. The van der Waals surface area contributed by atoms with Gasteiger partial charge in [0.2, 0.25) is 0 Å². The molecule has 0 saturated carbocycles. The standard InChI is InChI=1S/C14H23N3S/c1-12(13-7-6-10-18-13)11-16-14(15)17-8-4-2-3-5-9-17/h6-7,10,12H,2-5,8-9,11H2,1H3,(H2,15,16). The molecule has 1 saturated heterocycles. The lowest BCUT2D eigenvalue weighted by Gasteiger charge is -2.21. The van der Waals surface area contributed by atoms with Gasteiger partial charge in [0.25, 0.3) is 0 Å². The summed E-state index contributed by atoms with van der Waals surface area (Å²) in [5.74, 6) is 1.20. The fourth-order valence-electron chi connectivity index (χ4n) is 2.29. The van der Waals surface area contributed by atoms with Crippen molar-refractivity contribution >= 4 is 17.3 Å². The first-order chi connectivity index (χ1) is 8.77. The van der Waals surface area contributed by atoms with Crippen LogP contribution in [-0.2, 0) is 0 Å². The molecule has 1 fully saturated rings. The predicted octanol–water partition coefficient (Wildman–Crippen LogP) is 3.04. The maximum absolute atomic E-state index is 6.10. The molecule has 2 heterocycles. The van der Waals surface area contributed by atoms with E-state index in [0.29, 0.717) is 5.92 Å². The predicted molar refractivity (Wildman–Crippen MR) is 79.3 cm³/mol. The summed E-state index contributed by atoms with van der Waals surface area (Å²) in [5, 5.41) is 2.12. The lowest BCUT2D eigenvalue weighted by Crippen LogP contribution is -2.38. The highest BCUT2D eigenvalue weighted by Gasteiger charge is 2.12. The fraction of sp³-hybridized carbons (Fsp3) is 0.643. The van der Waals surface area contributed by atoms with E-state index in [1.807, 2.05) is 0 Å². The van der Waals surface area contributed by atoms with E-state index in [9.17, 15) is 0 Å². The van der Waals surface area contributed by atoms with Crippen LogP contribution in [0, 0.1) is 0 Å². The molecule has 18 heavy (non-hydrogen) atoms. The van der Waals surface area contributed by atoms with Crippen molar-refractivity contribution in [2.45, 2.75) is 38.5 Å². The van der Waals surface area contributed by atoms with E-state index < -0.39 is 0 Å². The summed E-state index contributed by atoms with van der Waals surface area (Å²) in [7, 11) is 0. The van der Waals surface area contributed by atoms with Crippen LogP contribution in [0.2, 0.25) is 0 Å². The van der Waals surface area contributed by atoms with Crippen molar-refractivity contribution < 1.29 is 0 Å². The minimum Gasteiger partial charge on any atom is -0.370 e.